The van der Waals surface area contributed by atoms with E-state index in [2.05, 4.69) is 13.0 Å². The molecule has 0 saturated carbocycles. The van der Waals surface area contributed by atoms with Gasteiger partial charge in [-0.1, -0.05) is 49.7 Å². The summed E-state index contributed by atoms with van der Waals surface area (Å²) in [5, 5.41) is 7.50. The van der Waals surface area contributed by atoms with Gasteiger partial charge in [0.25, 0.3) is 0 Å². The van der Waals surface area contributed by atoms with Crippen molar-refractivity contribution < 1.29 is 22.6 Å². The minimum Gasteiger partial charge on any atom is -0.490 e. The first kappa shape index (κ1) is 23.2. The highest BCUT2D eigenvalue weighted by atomic mass is 19.4. The van der Waals surface area contributed by atoms with Crippen molar-refractivity contribution in [1.29, 1.82) is 5.41 Å². The van der Waals surface area contributed by atoms with Crippen molar-refractivity contribution in [1.82, 2.24) is 0 Å². The molecular weight excluding hydrogens is 417 g/mol. The Balaban J connectivity index is 1.64. The van der Waals surface area contributed by atoms with Crippen LogP contribution in [-0.4, -0.2) is 19.0 Å². The molecule has 3 aromatic rings. The van der Waals surface area contributed by atoms with Crippen LogP contribution in [0.5, 0.6) is 11.5 Å². The van der Waals surface area contributed by atoms with Gasteiger partial charge in [0, 0.05) is 5.56 Å². The first-order valence-electron chi connectivity index (χ1n) is 10.3. The molecule has 3 aromatic carbocycles. The predicted molar refractivity (Wildman–Crippen MR) is 119 cm³/mol. The second kappa shape index (κ2) is 10.2. The van der Waals surface area contributed by atoms with Crippen LogP contribution in [0, 0.1) is 5.41 Å². The van der Waals surface area contributed by atoms with Gasteiger partial charge in [0.05, 0.1) is 5.56 Å². The van der Waals surface area contributed by atoms with Gasteiger partial charge in [-0.05, 0) is 53.4 Å². The summed E-state index contributed by atoms with van der Waals surface area (Å²) < 4.78 is 49.7. The Morgan fingerprint density at radius 2 is 1.59 bits per heavy atom. The van der Waals surface area contributed by atoms with E-state index in [9.17, 15) is 13.2 Å². The Bertz CT molecular complexity index is 1060. The number of hydrogen-bond donors (Lipinski definition) is 2. The number of hydrogen-bond acceptors (Lipinski definition) is 3. The van der Waals surface area contributed by atoms with Crippen molar-refractivity contribution >= 4 is 5.84 Å². The Hall–Kier alpha value is -3.48. The molecule has 0 aliphatic carbocycles. The second-order valence-corrected chi connectivity index (χ2v) is 7.29. The third-order valence-electron chi connectivity index (χ3n) is 4.88. The van der Waals surface area contributed by atoms with Crippen LogP contribution in [0.15, 0.2) is 66.7 Å². The van der Waals surface area contributed by atoms with Gasteiger partial charge in [-0.25, -0.2) is 0 Å². The van der Waals surface area contributed by atoms with Crippen LogP contribution in [0.4, 0.5) is 13.2 Å². The zero-order chi connectivity index (χ0) is 23.1. The molecule has 0 fully saturated rings. The minimum atomic E-state index is -4.40. The molecule has 0 aromatic heterocycles. The predicted octanol–water partition coefficient (Wildman–Crippen LogP) is 6.07. The highest BCUT2D eigenvalue weighted by Gasteiger charge is 2.30. The van der Waals surface area contributed by atoms with Crippen LogP contribution in [-0.2, 0) is 12.6 Å². The molecule has 0 amide bonds. The largest absolute Gasteiger partial charge is 0.490 e. The summed E-state index contributed by atoms with van der Waals surface area (Å²) in [7, 11) is 0. The first-order chi connectivity index (χ1) is 15.3. The zero-order valence-corrected chi connectivity index (χ0v) is 17.7. The van der Waals surface area contributed by atoms with Crippen LogP contribution in [0.2, 0.25) is 0 Å². The standard InChI is InChI=1S/C25H25F3N2O2/c1-2-4-20-15-19(17-7-9-18(10-8-17)24(29)30)11-12-23(20)32-14-13-31-22-6-3-5-21(16-22)25(26,27)28/h3,5-12,15-16H,2,4,13-14H2,1H3,(H3,29,30). The number of benzene rings is 3. The van der Waals surface area contributed by atoms with Crippen LogP contribution in [0.3, 0.4) is 0 Å². The SMILES string of the molecule is CCCc1cc(-c2ccc(C(=N)N)cc2)ccc1OCCOc1cccc(C(F)(F)F)c1. The second-order valence-electron chi connectivity index (χ2n) is 7.29. The summed E-state index contributed by atoms with van der Waals surface area (Å²) in [6.45, 7) is 2.41. The van der Waals surface area contributed by atoms with E-state index in [1.54, 1.807) is 0 Å². The fraction of sp³-hybridized carbons (Fsp3) is 0.240. The van der Waals surface area contributed by atoms with Crippen LogP contribution < -0.4 is 15.2 Å². The molecule has 32 heavy (non-hydrogen) atoms. The number of alkyl halides is 3. The molecule has 0 heterocycles. The van der Waals surface area contributed by atoms with E-state index in [4.69, 9.17) is 20.6 Å². The first-order valence-corrected chi connectivity index (χ1v) is 10.3. The van der Waals surface area contributed by atoms with Crippen molar-refractivity contribution in [2.75, 3.05) is 13.2 Å². The number of ether oxygens (including phenoxy) is 2. The number of amidine groups is 1. The van der Waals surface area contributed by atoms with E-state index in [-0.39, 0.29) is 24.8 Å². The maximum Gasteiger partial charge on any atom is 0.416 e. The maximum absolute atomic E-state index is 12.8. The van der Waals surface area contributed by atoms with Gasteiger partial charge in [0.2, 0.25) is 0 Å². The minimum absolute atomic E-state index is 0.0271. The average molecular weight is 442 g/mol. The Labute approximate surface area is 185 Å². The molecule has 7 heteroatoms. The fourth-order valence-corrected chi connectivity index (χ4v) is 3.28. The van der Waals surface area contributed by atoms with Gasteiger partial charge in [0.15, 0.2) is 0 Å². The molecule has 3 rings (SSSR count). The third kappa shape index (κ3) is 6.03. The van der Waals surface area contributed by atoms with Crippen LogP contribution >= 0.6 is 0 Å². The molecule has 4 nitrogen and oxygen atoms in total. The molecule has 0 bridgehead atoms. The number of nitrogen functional groups attached to an aromatic ring is 1. The monoisotopic (exact) mass is 442 g/mol. The molecule has 0 aliphatic heterocycles. The summed E-state index contributed by atoms with van der Waals surface area (Å²) in [5.41, 5.74) is 8.51. The van der Waals surface area contributed by atoms with E-state index in [1.165, 1.54) is 12.1 Å². The normalized spacial score (nSPS) is 11.2. The summed E-state index contributed by atoms with van der Waals surface area (Å²) in [6, 6.07) is 18.2. The lowest BCUT2D eigenvalue weighted by molar-refractivity contribution is -0.137. The summed E-state index contributed by atoms with van der Waals surface area (Å²) in [4.78, 5) is 0. The smallest absolute Gasteiger partial charge is 0.416 e. The van der Waals surface area contributed by atoms with Crippen molar-refractivity contribution in [3.63, 3.8) is 0 Å². The number of nitrogens with two attached hydrogens (primary N) is 1. The number of halogens is 3. The number of aryl methyl sites for hydroxylation is 1. The average Bonchev–Trinajstić information content (AvgIpc) is 2.77. The van der Waals surface area contributed by atoms with E-state index >= 15 is 0 Å². The van der Waals surface area contributed by atoms with Gasteiger partial charge in [-0.2, -0.15) is 13.2 Å². The fourth-order valence-electron chi connectivity index (χ4n) is 3.28. The van der Waals surface area contributed by atoms with E-state index < -0.39 is 11.7 Å². The highest BCUT2D eigenvalue weighted by Crippen LogP contribution is 2.31. The van der Waals surface area contributed by atoms with Crippen molar-refractivity contribution in [3.8, 4) is 22.6 Å². The summed E-state index contributed by atoms with van der Waals surface area (Å²) in [5.74, 6) is 0.907. The molecule has 0 atom stereocenters. The summed E-state index contributed by atoms with van der Waals surface area (Å²) >= 11 is 0. The van der Waals surface area contributed by atoms with Crippen LogP contribution in [0.1, 0.15) is 30.0 Å². The Morgan fingerprint density at radius 3 is 2.25 bits per heavy atom. The van der Waals surface area contributed by atoms with Crippen molar-refractivity contribution in [3.05, 3.63) is 83.4 Å². The molecular formula is C25H25F3N2O2. The van der Waals surface area contributed by atoms with Gasteiger partial charge in [0.1, 0.15) is 30.5 Å². The molecule has 0 unspecified atom stereocenters. The van der Waals surface area contributed by atoms with Gasteiger partial charge >= 0.3 is 6.18 Å². The van der Waals surface area contributed by atoms with E-state index in [0.717, 1.165) is 47.4 Å². The number of rotatable bonds is 9. The van der Waals surface area contributed by atoms with Crippen molar-refractivity contribution in [2.24, 2.45) is 5.73 Å². The van der Waals surface area contributed by atoms with Gasteiger partial charge < -0.3 is 15.2 Å². The lowest BCUT2D eigenvalue weighted by atomic mass is 9.99. The van der Waals surface area contributed by atoms with Crippen LogP contribution in [0.25, 0.3) is 11.1 Å². The molecule has 0 spiro atoms. The van der Waals surface area contributed by atoms with Crippen molar-refractivity contribution in [2.45, 2.75) is 25.9 Å². The number of nitrogens with one attached hydrogen (secondary N) is 1. The van der Waals surface area contributed by atoms with Gasteiger partial charge in [-0.3, -0.25) is 5.41 Å². The van der Waals surface area contributed by atoms with E-state index in [0.29, 0.717) is 5.56 Å². The highest BCUT2D eigenvalue weighted by molar-refractivity contribution is 5.95. The molecule has 0 saturated heterocycles. The lowest BCUT2D eigenvalue weighted by Crippen LogP contribution is -2.11. The maximum atomic E-state index is 12.8. The zero-order valence-electron chi connectivity index (χ0n) is 17.7. The quantitative estimate of drug-likeness (QED) is 0.240. The topological polar surface area (TPSA) is 68.3 Å². The third-order valence-corrected chi connectivity index (χ3v) is 4.88. The molecule has 168 valence electrons. The Morgan fingerprint density at radius 1 is 0.906 bits per heavy atom. The molecule has 0 aliphatic rings. The Kier molecular flexibility index (Phi) is 7.41. The van der Waals surface area contributed by atoms with Gasteiger partial charge in [-0.15, -0.1) is 0 Å². The molecule has 3 N–H and O–H groups in total. The lowest BCUT2D eigenvalue weighted by Gasteiger charge is -2.14. The molecule has 0 radical (unpaired) electrons. The van der Waals surface area contributed by atoms with E-state index in [1.807, 2.05) is 36.4 Å². The summed E-state index contributed by atoms with van der Waals surface area (Å²) in [6.07, 6.45) is -2.65.